The second kappa shape index (κ2) is 7.20. The van der Waals surface area contributed by atoms with Crippen molar-refractivity contribution in [2.45, 2.75) is 28.5 Å². The summed E-state index contributed by atoms with van der Waals surface area (Å²) in [6.45, 7) is 0.323. The Balaban J connectivity index is 2.25. The van der Waals surface area contributed by atoms with E-state index in [1.165, 1.54) is 25.3 Å². The molecule has 0 aliphatic rings. The zero-order valence-electron chi connectivity index (χ0n) is 14.2. The van der Waals surface area contributed by atoms with E-state index in [1.54, 1.807) is 6.07 Å². The quantitative estimate of drug-likeness (QED) is 0.801. The van der Waals surface area contributed by atoms with Crippen LogP contribution in [0.25, 0.3) is 0 Å². The number of benzene rings is 2. The number of alkyl halides is 3. The lowest BCUT2D eigenvalue weighted by atomic mass is 10.1. The number of carbonyl (C=O) groups is 1. The summed E-state index contributed by atoms with van der Waals surface area (Å²) in [5, 5.41) is 11.2. The number of rotatable bonds is 5. The number of ether oxygens (including phenoxy) is 1. The third-order valence-corrected chi connectivity index (χ3v) is 5.54. The number of nitrogens with one attached hydrogen (secondary N) is 1. The average Bonchev–Trinajstić information content (AvgIpc) is 2.61. The molecule has 0 radical (unpaired) electrons. The summed E-state index contributed by atoms with van der Waals surface area (Å²) in [4.78, 5) is 11.5. The van der Waals surface area contributed by atoms with E-state index < -0.39 is 27.5 Å². The molecule has 0 aromatic heterocycles. The summed E-state index contributed by atoms with van der Waals surface area (Å²) in [5.74, 6) is -1.34. The van der Waals surface area contributed by atoms with Crippen LogP contribution in [0.2, 0.25) is 0 Å². The van der Waals surface area contributed by atoms with Gasteiger partial charge in [0.2, 0.25) is 15.4 Å². The summed E-state index contributed by atoms with van der Waals surface area (Å²) < 4.78 is 68.1. The summed E-state index contributed by atoms with van der Waals surface area (Å²) in [7, 11) is -2.50. The Morgan fingerprint density at radius 2 is 1.67 bits per heavy atom. The van der Waals surface area contributed by atoms with Crippen molar-refractivity contribution in [1.82, 2.24) is 0 Å². The van der Waals surface area contributed by atoms with E-state index in [0.717, 1.165) is 24.3 Å². The summed E-state index contributed by atoms with van der Waals surface area (Å²) >= 11 is 0. The van der Waals surface area contributed by atoms with Crippen molar-refractivity contribution in [2.75, 3.05) is 12.4 Å². The van der Waals surface area contributed by atoms with Gasteiger partial charge in [-0.3, -0.25) is 4.79 Å². The fourth-order valence-corrected chi connectivity index (χ4v) is 3.30. The van der Waals surface area contributed by atoms with Gasteiger partial charge >= 0.3 is 6.18 Å². The first-order chi connectivity index (χ1) is 12.4. The standard InChI is InChI=1S/C17H16F3NO5S/c1-16(23,17(18,19)20)15(22)21-11-6-8-13(9-7-11)27(24,25)14-5-3-4-12(10-14)26-2/h3-10,23H,1-2H3,(H,21,22). The Labute approximate surface area is 153 Å². The minimum absolute atomic E-state index is 0.0290. The average molecular weight is 403 g/mol. The van der Waals surface area contributed by atoms with Crippen LogP contribution in [-0.2, 0) is 14.6 Å². The molecule has 10 heteroatoms. The summed E-state index contributed by atoms with van der Waals surface area (Å²) in [6, 6.07) is 10.3. The van der Waals surface area contributed by atoms with E-state index in [0.29, 0.717) is 12.7 Å². The van der Waals surface area contributed by atoms with Crippen molar-refractivity contribution in [3.8, 4) is 5.75 Å². The number of anilines is 1. The first-order valence-corrected chi connectivity index (χ1v) is 8.97. The van der Waals surface area contributed by atoms with Crippen LogP contribution in [0.15, 0.2) is 58.3 Å². The second-order valence-electron chi connectivity index (χ2n) is 5.73. The molecule has 0 saturated carbocycles. The highest BCUT2D eigenvalue weighted by Gasteiger charge is 2.55. The van der Waals surface area contributed by atoms with Crippen molar-refractivity contribution in [3.63, 3.8) is 0 Å². The predicted molar refractivity (Wildman–Crippen MR) is 90.2 cm³/mol. The smallest absolute Gasteiger partial charge is 0.426 e. The van der Waals surface area contributed by atoms with Crippen LogP contribution in [0.5, 0.6) is 5.75 Å². The van der Waals surface area contributed by atoms with Gasteiger partial charge in [0.1, 0.15) is 5.75 Å². The number of methoxy groups -OCH3 is 1. The monoisotopic (exact) mass is 403 g/mol. The summed E-state index contributed by atoms with van der Waals surface area (Å²) in [5.41, 5.74) is -3.69. The Hall–Kier alpha value is -2.59. The SMILES string of the molecule is COc1cccc(S(=O)(=O)c2ccc(NC(=O)C(C)(O)C(F)(F)F)cc2)c1. The van der Waals surface area contributed by atoms with Gasteiger partial charge in [0.25, 0.3) is 5.91 Å². The fraction of sp³-hybridized carbons (Fsp3) is 0.235. The van der Waals surface area contributed by atoms with E-state index in [2.05, 4.69) is 0 Å². The normalized spacial score (nSPS) is 14.3. The molecule has 0 spiro atoms. The highest BCUT2D eigenvalue weighted by atomic mass is 32.2. The molecule has 0 saturated heterocycles. The van der Waals surface area contributed by atoms with E-state index in [9.17, 15) is 31.5 Å². The lowest BCUT2D eigenvalue weighted by Gasteiger charge is -2.24. The molecule has 0 heterocycles. The zero-order chi connectivity index (χ0) is 20.5. The molecule has 6 nitrogen and oxygen atoms in total. The molecule has 2 rings (SSSR count). The van der Waals surface area contributed by atoms with Crippen LogP contribution >= 0.6 is 0 Å². The molecule has 1 atom stereocenters. The van der Waals surface area contributed by atoms with Gasteiger partial charge in [-0.15, -0.1) is 0 Å². The number of amides is 1. The molecule has 2 aromatic rings. The van der Waals surface area contributed by atoms with E-state index in [-0.39, 0.29) is 15.5 Å². The van der Waals surface area contributed by atoms with Gasteiger partial charge in [-0.1, -0.05) is 6.07 Å². The molecule has 1 amide bonds. The van der Waals surface area contributed by atoms with Crippen molar-refractivity contribution >= 4 is 21.4 Å². The number of halogens is 3. The number of carbonyl (C=O) groups excluding carboxylic acids is 1. The first kappa shape index (κ1) is 20.7. The molecule has 2 N–H and O–H groups in total. The Morgan fingerprint density at radius 1 is 1.07 bits per heavy atom. The van der Waals surface area contributed by atoms with E-state index in [4.69, 9.17) is 4.74 Å². The number of aliphatic hydroxyl groups is 1. The maximum atomic E-state index is 12.7. The van der Waals surface area contributed by atoms with Crippen molar-refractivity contribution in [1.29, 1.82) is 0 Å². The summed E-state index contributed by atoms with van der Waals surface area (Å²) in [6.07, 6.45) is -5.16. The van der Waals surface area contributed by atoms with Crippen molar-refractivity contribution in [2.24, 2.45) is 0 Å². The van der Waals surface area contributed by atoms with Crippen molar-refractivity contribution in [3.05, 3.63) is 48.5 Å². The Kier molecular flexibility index (Phi) is 5.52. The maximum absolute atomic E-state index is 12.7. The highest BCUT2D eigenvalue weighted by molar-refractivity contribution is 7.91. The molecule has 0 fully saturated rings. The molecule has 1 unspecified atom stereocenters. The number of sulfone groups is 1. The second-order valence-corrected chi connectivity index (χ2v) is 7.68. The topological polar surface area (TPSA) is 92.7 Å². The molecule has 0 aliphatic carbocycles. The minimum atomic E-state index is -5.16. The number of hydrogen-bond donors (Lipinski definition) is 2. The molecule has 27 heavy (non-hydrogen) atoms. The highest BCUT2D eigenvalue weighted by Crippen LogP contribution is 2.31. The Bertz CT molecular complexity index is 938. The van der Waals surface area contributed by atoms with Gasteiger partial charge < -0.3 is 15.2 Å². The molecule has 146 valence electrons. The van der Waals surface area contributed by atoms with Crippen LogP contribution in [0, 0.1) is 0 Å². The van der Waals surface area contributed by atoms with Crippen LogP contribution < -0.4 is 10.1 Å². The van der Waals surface area contributed by atoms with Gasteiger partial charge in [-0.2, -0.15) is 13.2 Å². The van der Waals surface area contributed by atoms with Crippen LogP contribution in [0.4, 0.5) is 18.9 Å². The Morgan fingerprint density at radius 3 is 2.19 bits per heavy atom. The van der Waals surface area contributed by atoms with Gasteiger partial charge in [-0.05, 0) is 49.4 Å². The zero-order valence-corrected chi connectivity index (χ0v) is 15.1. The first-order valence-electron chi connectivity index (χ1n) is 7.49. The third-order valence-electron chi connectivity index (χ3n) is 3.77. The van der Waals surface area contributed by atoms with Gasteiger partial charge in [0, 0.05) is 5.69 Å². The van der Waals surface area contributed by atoms with Crippen LogP contribution in [0.1, 0.15) is 6.92 Å². The van der Waals surface area contributed by atoms with Gasteiger partial charge in [-0.25, -0.2) is 8.42 Å². The molecule has 2 aromatic carbocycles. The molecule has 0 aliphatic heterocycles. The number of hydrogen-bond acceptors (Lipinski definition) is 5. The maximum Gasteiger partial charge on any atom is 0.426 e. The van der Waals surface area contributed by atoms with Crippen LogP contribution in [-0.4, -0.2) is 38.3 Å². The largest absolute Gasteiger partial charge is 0.497 e. The lowest BCUT2D eigenvalue weighted by molar-refractivity contribution is -0.242. The van der Waals surface area contributed by atoms with E-state index in [1.807, 2.05) is 5.32 Å². The minimum Gasteiger partial charge on any atom is -0.497 e. The van der Waals surface area contributed by atoms with Crippen LogP contribution in [0.3, 0.4) is 0 Å². The van der Waals surface area contributed by atoms with Gasteiger partial charge in [0.15, 0.2) is 0 Å². The molecular weight excluding hydrogens is 387 g/mol. The fourth-order valence-electron chi connectivity index (χ4n) is 2.00. The van der Waals surface area contributed by atoms with E-state index >= 15 is 0 Å². The van der Waals surface area contributed by atoms with Crippen molar-refractivity contribution < 1.29 is 36.2 Å². The predicted octanol–water partition coefficient (Wildman–Crippen LogP) is 2.78. The molecular formula is C17H16F3NO5S. The third kappa shape index (κ3) is 4.22. The lowest BCUT2D eigenvalue weighted by Crippen LogP contribution is -2.52. The molecule has 0 bridgehead atoms. The van der Waals surface area contributed by atoms with Gasteiger partial charge in [0.05, 0.1) is 16.9 Å².